The van der Waals surface area contributed by atoms with Crippen LogP contribution in [0.5, 0.6) is 23.0 Å². The van der Waals surface area contributed by atoms with E-state index in [1.165, 1.54) is 0 Å². The number of aryl methyl sites for hydroxylation is 3. The van der Waals surface area contributed by atoms with Crippen LogP contribution in [0.3, 0.4) is 0 Å². The lowest BCUT2D eigenvalue weighted by Gasteiger charge is -2.26. The summed E-state index contributed by atoms with van der Waals surface area (Å²) in [6.45, 7) is 5.39. The van der Waals surface area contributed by atoms with Crippen LogP contribution in [-0.2, 0) is 0 Å². The third kappa shape index (κ3) is 4.29. The average molecular weight is 663 g/mol. The van der Waals surface area contributed by atoms with Gasteiger partial charge in [0.15, 0.2) is 23.0 Å². The summed E-state index contributed by atoms with van der Waals surface area (Å²) in [4.78, 5) is 0. The molecular weight excluding hydrogens is 631 g/mol. The Bertz CT molecular complexity index is 2860. The Morgan fingerprint density at radius 2 is 1.02 bits per heavy atom. The zero-order chi connectivity index (χ0) is 35.3. The van der Waals surface area contributed by atoms with Crippen molar-refractivity contribution >= 4 is 67.6 Å². The van der Waals surface area contributed by atoms with Gasteiger partial charge in [-0.05, 0) is 111 Å². The van der Waals surface area contributed by atoms with E-state index in [0.717, 1.165) is 54.9 Å². The van der Waals surface area contributed by atoms with Gasteiger partial charge in [-0.25, -0.2) is 0 Å². The minimum Gasteiger partial charge on any atom is -0.505 e. The molecule has 4 N–H and O–H groups in total. The molecule has 6 heteroatoms. The van der Waals surface area contributed by atoms with Crippen LogP contribution in [0.15, 0.2) is 114 Å². The van der Waals surface area contributed by atoms with Crippen molar-refractivity contribution in [1.29, 1.82) is 0 Å². The van der Waals surface area contributed by atoms with Crippen LogP contribution >= 0.6 is 0 Å². The maximum atomic E-state index is 12.0. The smallest absolute Gasteiger partial charge is 0.165 e. The highest BCUT2D eigenvalue weighted by molar-refractivity contribution is 6.39. The molecular formula is C45H31BO5. The number of aromatic hydroxyl groups is 4. The molecule has 1 heterocycles. The van der Waals surface area contributed by atoms with Crippen LogP contribution in [0.25, 0.3) is 87.6 Å². The van der Waals surface area contributed by atoms with E-state index in [0.29, 0.717) is 49.4 Å². The molecule has 1 aromatic heterocycles. The molecule has 0 atom stereocenters. The topological polar surface area (TPSA) is 94.1 Å². The highest BCUT2D eigenvalue weighted by Crippen LogP contribution is 2.55. The molecule has 0 saturated heterocycles. The quantitative estimate of drug-likeness (QED) is 0.0858. The summed E-state index contributed by atoms with van der Waals surface area (Å²) >= 11 is 0. The van der Waals surface area contributed by atoms with E-state index in [1.807, 2.05) is 97.9 Å². The fraction of sp³-hybridized carbons (Fsp3) is 0.0667. The highest BCUT2D eigenvalue weighted by Gasteiger charge is 2.29. The third-order valence-corrected chi connectivity index (χ3v) is 10.6. The molecule has 0 bridgehead atoms. The van der Waals surface area contributed by atoms with Gasteiger partial charge in [-0.2, -0.15) is 0 Å². The van der Waals surface area contributed by atoms with Gasteiger partial charge in [0.1, 0.15) is 19.0 Å². The van der Waals surface area contributed by atoms with Crippen LogP contribution < -0.4 is 5.46 Å². The largest absolute Gasteiger partial charge is 0.505 e. The van der Waals surface area contributed by atoms with E-state index in [4.69, 9.17) is 12.3 Å². The van der Waals surface area contributed by atoms with Gasteiger partial charge < -0.3 is 24.8 Å². The Morgan fingerprint density at radius 1 is 0.451 bits per heavy atom. The second-order valence-corrected chi connectivity index (χ2v) is 13.4. The molecule has 51 heavy (non-hydrogen) atoms. The van der Waals surface area contributed by atoms with Gasteiger partial charge in [0.25, 0.3) is 0 Å². The first-order valence-corrected chi connectivity index (χ1v) is 16.8. The molecule has 9 aromatic rings. The summed E-state index contributed by atoms with van der Waals surface area (Å²) < 4.78 is 6.33. The average Bonchev–Trinajstić information content (AvgIpc) is 3.52. The van der Waals surface area contributed by atoms with Crippen LogP contribution in [0.1, 0.15) is 16.7 Å². The number of fused-ring (bicyclic) bond motifs is 6. The lowest BCUT2D eigenvalue weighted by Crippen LogP contribution is -2.10. The van der Waals surface area contributed by atoms with Gasteiger partial charge in [0.05, 0.1) is 0 Å². The molecule has 0 unspecified atom stereocenters. The van der Waals surface area contributed by atoms with Gasteiger partial charge in [0.2, 0.25) is 0 Å². The first-order valence-electron chi connectivity index (χ1n) is 16.8. The fourth-order valence-electron chi connectivity index (χ4n) is 8.01. The second kappa shape index (κ2) is 11.1. The van der Waals surface area contributed by atoms with Gasteiger partial charge in [0, 0.05) is 32.8 Å². The van der Waals surface area contributed by atoms with Crippen LogP contribution in [0, 0.1) is 20.8 Å². The number of benzene rings is 8. The van der Waals surface area contributed by atoms with Crippen molar-refractivity contribution in [3.05, 3.63) is 126 Å². The minimum atomic E-state index is -0.415. The van der Waals surface area contributed by atoms with Gasteiger partial charge in [-0.1, -0.05) is 84.9 Å². The maximum absolute atomic E-state index is 12.0. The van der Waals surface area contributed by atoms with E-state index >= 15 is 0 Å². The number of rotatable bonds is 3. The summed E-state index contributed by atoms with van der Waals surface area (Å²) in [5, 5.41) is 52.5. The Labute approximate surface area is 294 Å². The standard InChI is InChI=1S/C45H31BO5/c1-22-35-39(30-16-10-9-15-29(30)25-11-5-4-6-12-25)37-24(3)43(48)42(47)23(2)36(37)38(40(35)44(49)45(50)41(22)46)28-17-18-33-31(20-28)32-19-26-13-7-8-14-27(26)21-34(32)51-33/h4-21,47-50H,1-3H3. The molecule has 244 valence electrons. The Kier molecular flexibility index (Phi) is 6.65. The van der Waals surface area contributed by atoms with E-state index in [2.05, 4.69) is 18.2 Å². The monoisotopic (exact) mass is 662 g/mol. The van der Waals surface area contributed by atoms with Crippen molar-refractivity contribution in [3.63, 3.8) is 0 Å². The predicted octanol–water partition coefficient (Wildman–Crippen LogP) is 10.6. The van der Waals surface area contributed by atoms with Crippen LogP contribution in [0.2, 0.25) is 0 Å². The first kappa shape index (κ1) is 30.6. The Hall–Kier alpha value is -6.40. The van der Waals surface area contributed by atoms with Gasteiger partial charge in [-0.3, -0.25) is 0 Å². The molecule has 0 spiro atoms. The molecule has 5 nitrogen and oxygen atoms in total. The lowest BCUT2D eigenvalue weighted by atomic mass is 9.76. The molecule has 0 aliphatic carbocycles. The molecule has 0 fully saturated rings. The number of furan rings is 1. The van der Waals surface area contributed by atoms with Crippen LogP contribution in [0.4, 0.5) is 0 Å². The van der Waals surface area contributed by atoms with Crippen molar-refractivity contribution in [2.24, 2.45) is 0 Å². The summed E-state index contributed by atoms with van der Waals surface area (Å²) in [5.41, 5.74) is 7.78. The van der Waals surface area contributed by atoms with Crippen molar-refractivity contribution in [2.45, 2.75) is 20.8 Å². The van der Waals surface area contributed by atoms with E-state index in [9.17, 15) is 20.4 Å². The van der Waals surface area contributed by atoms with E-state index in [-0.39, 0.29) is 22.7 Å². The molecule has 0 aliphatic heterocycles. The number of hydrogen-bond acceptors (Lipinski definition) is 5. The molecule has 0 aliphatic rings. The number of hydrogen-bond donors (Lipinski definition) is 4. The Morgan fingerprint density at radius 3 is 1.73 bits per heavy atom. The number of phenolic OH excluding ortho intramolecular Hbond substituents is 4. The summed E-state index contributed by atoms with van der Waals surface area (Å²) in [7, 11) is 6.56. The predicted molar refractivity (Wildman–Crippen MR) is 209 cm³/mol. The SMILES string of the molecule is [B]c1c(O)c(O)c2c(-c3ccc4oc5cc6ccccc6cc5c4c3)c3c(C)c(O)c(O)c(C)c3c(-c3ccccc3-c3ccccc3)c2c1C. The van der Waals surface area contributed by atoms with Crippen molar-refractivity contribution in [3.8, 4) is 56.4 Å². The van der Waals surface area contributed by atoms with Crippen LogP contribution in [-0.4, -0.2) is 28.3 Å². The molecule has 0 saturated carbocycles. The minimum absolute atomic E-state index is 0.0595. The van der Waals surface area contributed by atoms with Gasteiger partial charge in [-0.15, -0.1) is 0 Å². The summed E-state index contributed by atoms with van der Waals surface area (Å²) in [6, 6.07) is 36.2. The van der Waals surface area contributed by atoms with Gasteiger partial charge >= 0.3 is 0 Å². The van der Waals surface area contributed by atoms with Crippen molar-refractivity contribution in [1.82, 2.24) is 0 Å². The van der Waals surface area contributed by atoms with Crippen molar-refractivity contribution < 1.29 is 24.8 Å². The summed E-state index contributed by atoms with van der Waals surface area (Å²) in [6.07, 6.45) is 0. The maximum Gasteiger partial charge on any atom is 0.165 e. The third-order valence-electron chi connectivity index (χ3n) is 10.6. The highest BCUT2D eigenvalue weighted by atomic mass is 16.3. The molecule has 9 rings (SSSR count). The zero-order valence-corrected chi connectivity index (χ0v) is 28.2. The molecule has 8 aromatic carbocycles. The zero-order valence-electron chi connectivity index (χ0n) is 28.2. The Balaban J connectivity index is 1.52. The molecule has 2 radical (unpaired) electrons. The summed E-state index contributed by atoms with van der Waals surface area (Å²) in [5.74, 6) is -1.25. The lowest BCUT2D eigenvalue weighted by molar-refractivity contribution is 0.400. The second-order valence-electron chi connectivity index (χ2n) is 13.4. The van der Waals surface area contributed by atoms with E-state index < -0.39 is 5.75 Å². The first-order chi connectivity index (χ1) is 24.7. The number of phenols is 4. The molecule has 0 amide bonds. The normalized spacial score (nSPS) is 11.8. The fourth-order valence-corrected chi connectivity index (χ4v) is 8.01. The van der Waals surface area contributed by atoms with Crippen molar-refractivity contribution in [2.75, 3.05) is 0 Å². The van der Waals surface area contributed by atoms with E-state index in [1.54, 1.807) is 13.8 Å².